The van der Waals surface area contributed by atoms with Gasteiger partial charge in [0.2, 0.25) is 0 Å². The highest BCUT2D eigenvalue weighted by atomic mass is 16.6. The molecule has 5 nitrogen and oxygen atoms in total. The van der Waals surface area contributed by atoms with Crippen LogP contribution < -0.4 is 5.32 Å². The molecule has 0 saturated carbocycles. The lowest BCUT2D eigenvalue weighted by atomic mass is 10.0. The number of ether oxygens (including phenoxy) is 1. The average molecular weight is 176 g/mol. The van der Waals surface area contributed by atoms with E-state index in [-0.39, 0.29) is 0 Å². The summed E-state index contributed by atoms with van der Waals surface area (Å²) in [7, 11) is 0. The van der Waals surface area contributed by atoms with Crippen molar-refractivity contribution in [2.45, 2.75) is 19.8 Å². The highest BCUT2D eigenvalue weighted by Gasteiger charge is 2.10. The van der Waals surface area contributed by atoms with Crippen LogP contribution in [0, 0.1) is 10.8 Å². The van der Waals surface area contributed by atoms with Crippen molar-refractivity contribution in [1.82, 2.24) is 5.32 Å². The fourth-order valence-electron chi connectivity index (χ4n) is 1.21. The Morgan fingerprint density at radius 2 is 2.42 bits per heavy atom. The molecule has 72 valence electrons. The lowest BCUT2D eigenvalue weighted by Crippen LogP contribution is -2.34. The van der Waals surface area contributed by atoms with Crippen LogP contribution in [0.2, 0.25) is 0 Å². The molecule has 5 heteroatoms. The van der Waals surface area contributed by atoms with Crippen molar-refractivity contribution < 1.29 is 9.94 Å². The first kappa shape index (κ1) is 11.3. The average Bonchev–Trinajstić information content (AvgIpc) is 2.08. The molecule has 1 aliphatic heterocycles. The molecular formula is C7H16N2O3. The van der Waals surface area contributed by atoms with Gasteiger partial charge in [0, 0.05) is 6.54 Å². The van der Waals surface area contributed by atoms with E-state index in [1.54, 1.807) is 0 Å². The number of hydrogen-bond acceptors (Lipinski definition) is 4. The third-order valence-electron chi connectivity index (χ3n) is 1.69. The molecule has 1 fully saturated rings. The Bertz CT molecular complexity index is 102. The number of nitrogens with zero attached hydrogens (tertiary/aromatic N) is 1. The van der Waals surface area contributed by atoms with Crippen LogP contribution in [0.15, 0.2) is 5.34 Å². The minimum atomic E-state index is 0.750. The molecule has 1 heterocycles. The number of hydrogen-bond donors (Lipinski definition) is 2. The molecule has 0 aromatic heterocycles. The summed E-state index contributed by atoms with van der Waals surface area (Å²) in [5.74, 6) is 0.767. The largest absolute Gasteiger partial charge is 0.379 e. The fraction of sp³-hybridized carbons (Fsp3) is 1.00. The van der Waals surface area contributed by atoms with E-state index in [4.69, 9.17) is 14.9 Å². The summed E-state index contributed by atoms with van der Waals surface area (Å²) in [4.78, 5) is 8.11. The lowest BCUT2D eigenvalue weighted by Gasteiger charge is -2.22. The minimum Gasteiger partial charge on any atom is -0.379 e. The first-order valence-electron chi connectivity index (χ1n) is 4.10. The van der Waals surface area contributed by atoms with Gasteiger partial charge in [-0.05, 0) is 12.3 Å². The quantitative estimate of drug-likeness (QED) is 0.488. The molecule has 0 bridgehead atoms. The van der Waals surface area contributed by atoms with Gasteiger partial charge >= 0.3 is 0 Å². The summed E-state index contributed by atoms with van der Waals surface area (Å²) < 4.78 is 5.22. The monoisotopic (exact) mass is 176 g/mol. The van der Waals surface area contributed by atoms with E-state index in [0.717, 1.165) is 25.8 Å². The van der Waals surface area contributed by atoms with Gasteiger partial charge in [-0.3, -0.25) is 5.32 Å². The third kappa shape index (κ3) is 6.06. The molecule has 0 spiro atoms. The van der Waals surface area contributed by atoms with Crippen molar-refractivity contribution in [3.63, 3.8) is 0 Å². The standard InChI is InChI=1S/C7H15NO.HNO2/c1-2-3-7-4-8-6-9-5-7;2-1-3/h7-8H,2-6H2,1H3;(H,2,3). The van der Waals surface area contributed by atoms with Crippen LogP contribution in [0.25, 0.3) is 0 Å². The van der Waals surface area contributed by atoms with Crippen molar-refractivity contribution in [1.29, 1.82) is 0 Å². The van der Waals surface area contributed by atoms with Crippen molar-refractivity contribution in [2.24, 2.45) is 11.3 Å². The van der Waals surface area contributed by atoms with Crippen LogP contribution in [-0.2, 0) is 4.74 Å². The zero-order chi connectivity index (χ0) is 9.23. The van der Waals surface area contributed by atoms with Crippen molar-refractivity contribution in [2.75, 3.05) is 19.9 Å². The van der Waals surface area contributed by atoms with Gasteiger partial charge in [-0.1, -0.05) is 13.3 Å². The Morgan fingerprint density at radius 3 is 2.83 bits per heavy atom. The van der Waals surface area contributed by atoms with E-state index in [2.05, 4.69) is 12.2 Å². The summed E-state index contributed by atoms with van der Waals surface area (Å²) in [6.45, 7) is 5.07. The molecule has 1 saturated heterocycles. The number of rotatable bonds is 2. The van der Waals surface area contributed by atoms with Crippen LogP contribution in [-0.4, -0.2) is 25.1 Å². The summed E-state index contributed by atoms with van der Waals surface area (Å²) in [5, 5.41) is 11.1. The Morgan fingerprint density at radius 1 is 1.75 bits per heavy atom. The molecule has 0 aromatic rings. The second-order valence-electron chi connectivity index (χ2n) is 2.71. The molecule has 2 N–H and O–H groups in total. The molecule has 1 unspecified atom stereocenters. The molecule has 0 aliphatic carbocycles. The molecule has 1 aliphatic rings. The number of nitrogens with one attached hydrogen (secondary N) is 1. The minimum absolute atomic E-state index is 0.750. The maximum absolute atomic E-state index is 8.11. The predicted octanol–water partition coefficient (Wildman–Crippen LogP) is 1.12. The van der Waals surface area contributed by atoms with Crippen LogP contribution in [0.5, 0.6) is 0 Å². The second kappa shape index (κ2) is 8.42. The summed E-state index contributed by atoms with van der Waals surface area (Å²) in [6.07, 6.45) is 2.57. The van der Waals surface area contributed by atoms with Gasteiger partial charge in [-0.25, -0.2) is 0 Å². The van der Waals surface area contributed by atoms with Crippen LogP contribution in [0.3, 0.4) is 0 Å². The second-order valence-corrected chi connectivity index (χ2v) is 2.71. The fourth-order valence-corrected chi connectivity index (χ4v) is 1.21. The molecular weight excluding hydrogens is 160 g/mol. The normalized spacial score (nSPS) is 22.2. The Labute approximate surface area is 72.0 Å². The smallest absolute Gasteiger partial charge is 0.152 e. The van der Waals surface area contributed by atoms with Crippen LogP contribution >= 0.6 is 0 Å². The first-order chi connectivity index (χ1) is 5.85. The zero-order valence-corrected chi connectivity index (χ0v) is 7.32. The van der Waals surface area contributed by atoms with Crippen molar-refractivity contribution in [3.8, 4) is 0 Å². The maximum Gasteiger partial charge on any atom is 0.152 e. The predicted molar refractivity (Wildman–Crippen MR) is 44.8 cm³/mol. The maximum atomic E-state index is 8.11. The highest BCUT2D eigenvalue weighted by molar-refractivity contribution is 4.62. The van der Waals surface area contributed by atoms with E-state index >= 15 is 0 Å². The zero-order valence-electron chi connectivity index (χ0n) is 7.32. The van der Waals surface area contributed by atoms with Gasteiger partial charge in [0.05, 0.1) is 13.3 Å². The lowest BCUT2D eigenvalue weighted by molar-refractivity contribution is 0.0429. The molecule has 0 amide bonds. The van der Waals surface area contributed by atoms with Crippen molar-refractivity contribution in [3.05, 3.63) is 4.91 Å². The van der Waals surface area contributed by atoms with E-state index < -0.39 is 0 Å². The SMILES string of the molecule is CCCC1CNCOC1.O=NO. The summed E-state index contributed by atoms with van der Waals surface area (Å²) >= 11 is 0. The van der Waals surface area contributed by atoms with E-state index in [1.807, 2.05) is 0 Å². The topological polar surface area (TPSA) is 70.9 Å². The summed E-state index contributed by atoms with van der Waals surface area (Å²) in [5.41, 5.74) is 0. The van der Waals surface area contributed by atoms with Crippen LogP contribution in [0.4, 0.5) is 0 Å². The summed E-state index contributed by atoms with van der Waals surface area (Å²) in [6, 6.07) is 0. The molecule has 0 radical (unpaired) electrons. The van der Waals surface area contributed by atoms with E-state index in [1.165, 1.54) is 18.2 Å². The van der Waals surface area contributed by atoms with Gasteiger partial charge in [-0.2, -0.15) is 0 Å². The highest BCUT2D eigenvalue weighted by Crippen LogP contribution is 2.07. The van der Waals surface area contributed by atoms with Crippen molar-refractivity contribution >= 4 is 0 Å². The van der Waals surface area contributed by atoms with Gasteiger partial charge in [0.25, 0.3) is 0 Å². The first-order valence-corrected chi connectivity index (χ1v) is 4.10. The molecule has 12 heavy (non-hydrogen) atoms. The third-order valence-corrected chi connectivity index (χ3v) is 1.69. The van der Waals surface area contributed by atoms with Gasteiger partial charge in [-0.15, -0.1) is 4.91 Å². The molecule has 1 atom stereocenters. The molecule has 1 rings (SSSR count). The molecule has 0 aromatic carbocycles. The van der Waals surface area contributed by atoms with E-state index in [9.17, 15) is 0 Å². The van der Waals surface area contributed by atoms with Gasteiger partial charge in [0.1, 0.15) is 0 Å². The van der Waals surface area contributed by atoms with E-state index in [0.29, 0.717) is 0 Å². The van der Waals surface area contributed by atoms with Gasteiger partial charge < -0.3 is 9.94 Å². The Hall–Kier alpha value is -0.680. The van der Waals surface area contributed by atoms with Crippen LogP contribution in [0.1, 0.15) is 19.8 Å². The Kier molecular flexibility index (Phi) is 7.94. The Balaban J connectivity index is 0.000000354. The van der Waals surface area contributed by atoms with Gasteiger partial charge in [0.15, 0.2) is 5.34 Å².